The molecule has 0 aliphatic carbocycles. The largest absolute Gasteiger partial charge is 0.467 e. The number of carbonyl (C=O) groups excluding carboxylic acids is 1. The van der Waals surface area contributed by atoms with E-state index in [1.165, 1.54) is 23.3 Å². The molecule has 0 aliphatic heterocycles. The predicted molar refractivity (Wildman–Crippen MR) is 113 cm³/mol. The first kappa shape index (κ1) is 21.1. The van der Waals surface area contributed by atoms with Gasteiger partial charge in [0.25, 0.3) is 0 Å². The molecule has 0 unspecified atom stereocenters. The van der Waals surface area contributed by atoms with Crippen molar-refractivity contribution in [3.63, 3.8) is 0 Å². The highest BCUT2D eigenvalue weighted by atomic mass is 32.2. The van der Waals surface area contributed by atoms with Crippen molar-refractivity contribution in [3.05, 3.63) is 78.3 Å². The number of hydrogen-bond donors (Lipinski definition) is 0. The Balaban J connectivity index is 1.62. The molecule has 10 heteroatoms. The van der Waals surface area contributed by atoms with Crippen molar-refractivity contribution >= 4 is 42.4 Å². The molecular weight excluding hydrogens is 446 g/mol. The van der Waals surface area contributed by atoms with E-state index in [1.54, 1.807) is 30.3 Å². The van der Waals surface area contributed by atoms with Gasteiger partial charge in [0.2, 0.25) is 5.91 Å². The van der Waals surface area contributed by atoms with E-state index in [-0.39, 0.29) is 33.2 Å². The van der Waals surface area contributed by atoms with Crippen LogP contribution in [0.1, 0.15) is 12.2 Å². The molecule has 0 saturated heterocycles. The van der Waals surface area contributed by atoms with Gasteiger partial charge in [-0.3, -0.25) is 9.69 Å². The van der Waals surface area contributed by atoms with Crippen molar-refractivity contribution < 1.29 is 26.4 Å². The maximum atomic E-state index is 14.1. The van der Waals surface area contributed by atoms with E-state index in [0.717, 1.165) is 23.5 Å². The van der Waals surface area contributed by atoms with E-state index in [2.05, 4.69) is 4.98 Å². The standard InChI is InChI=1S/C21H16F2N2O4S2/c22-14-11-17(23)20-18(12-14)30-21(24-20)25(13-15-5-4-9-29-15)19(26)8-10-31(27,28)16-6-2-1-3-7-16/h1-7,9,11-12H,8,10,13H2. The molecule has 0 bridgehead atoms. The van der Waals surface area contributed by atoms with Gasteiger partial charge in [0.05, 0.1) is 28.2 Å². The number of hydrogen-bond acceptors (Lipinski definition) is 6. The van der Waals surface area contributed by atoms with Crippen LogP contribution in [-0.2, 0) is 21.2 Å². The number of nitrogens with zero attached hydrogens (tertiary/aromatic N) is 2. The van der Waals surface area contributed by atoms with E-state index < -0.39 is 33.1 Å². The molecular formula is C21H16F2N2O4S2. The summed E-state index contributed by atoms with van der Waals surface area (Å²) in [7, 11) is -3.67. The number of thiazole rings is 1. The second-order valence-electron chi connectivity index (χ2n) is 6.67. The lowest BCUT2D eigenvalue weighted by Gasteiger charge is -2.18. The van der Waals surface area contributed by atoms with Crippen LogP contribution in [0.2, 0.25) is 0 Å². The van der Waals surface area contributed by atoms with Crippen molar-refractivity contribution in [1.82, 2.24) is 4.98 Å². The number of carbonyl (C=O) groups is 1. The summed E-state index contributed by atoms with van der Waals surface area (Å²) in [4.78, 5) is 18.5. The summed E-state index contributed by atoms with van der Waals surface area (Å²) in [6.07, 6.45) is 1.12. The molecule has 2 aromatic carbocycles. The minimum Gasteiger partial charge on any atom is -0.467 e. The second kappa shape index (κ2) is 8.56. The van der Waals surface area contributed by atoms with Crippen molar-refractivity contribution in [2.24, 2.45) is 0 Å². The monoisotopic (exact) mass is 462 g/mol. The van der Waals surface area contributed by atoms with Crippen LogP contribution in [0, 0.1) is 11.6 Å². The normalized spacial score (nSPS) is 11.7. The average Bonchev–Trinajstić information content (AvgIpc) is 3.40. The number of furan rings is 1. The first-order valence-corrected chi connectivity index (χ1v) is 11.7. The molecule has 31 heavy (non-hydrogen) atoms. The summed E-state index contributed by atoms with van der Waals surface area (Å²) in [6.45, 7) is -0.0266. The number of anilines is 1. The van der Waals surface area contributed by atoms with Gasteiger partial charge in [-0.2, -0.15) is 0 Å². The zero-order valence-corrected chi connectivity index (χ0v) is 17.6. The topological polar surface area (TPSA) is 80.5 Å². The van der Waals surface area contributed by atoms with Crippen LogP contribution >= 0.6 is 11.3 Å². The summed E-state index contributed by atoms with van der Waals surface area (Å²) in [5, 5.41) is 0.123. The summed E-state index contributed by atoms with van der Waals surface area (Å²) >= 11 is 0.936. The van der Waals surface area contributed by atoms with Gasteiger partial charge in [-0.1, -0.05) is 29.5 Å². The predicted octanol–water partition coefficient (Wildman–Crippen LogP) is 4.56. The molecule has 0 spiro atoms. The number of fused-ring (bicyclic) bond motifs is 1. The highest BCUT2D eigenvalue weighted by Gasteiger charge is 2.25. The highest BCUT2D eigenvalue weighted by molar-refractivity contribution is 7.91. The van der Waals surface area contributed by atoms with Gasteiger partial charge in [-0.15, -0.1) is 0 Å². The van der Waals surface area contributed by atoms with Gasteiger partial charge in [-0.05, 0) is 30.3 Å². The molecule has 4 aromatic rings. The molecule has 2 aromatic heterocycles. The molecule has 0 atom stereocenters. The molecule has 1 amide bonds. The number of aromatic nitrogens is 1. The summed E-state index contributed by atoms with van der Waals surface area (Å²) in [5.41, 5.74) is -0.0597. The molecule has 160 valence electrons. The van der Waals surface area contributed by atoms with Crippen LogP contribution in [0.15, 0.2) is 70.2 Å². The summed E-state index contributed by atoms with van der Waals surface area (Å²) in [6, 6.07) is 13.0. The zero-order chi connectivity index (χ0) is 22.0. The Hall–Kier alpha value is -3.11. The Kier molecular flexibility index (Phi) is 5.84. The van der Waals surface area contributed by atoms with Gasteiger partial charge in [-0.25, -0.2) is 22.2 Å². The highest BCUT2D eigenvalue weighted by Crippen LogP contribution is 2.32. The van der Waals surface area contributed by atoms with E-state index in [9.17, 15) is 22.0 Å². The first-order chi connectivity index (χ1) is 14.8. The SMILES string of the molecule is O=C(CCS(=O)(=O)c1ccccc1)N(Cc1ccco1)c1nc2c(F)cc(F)cc2s1. The quantitative estimate of drug-likeness (QED) is 0.402. The smallest absolute Gasteiger partial charge is 0.230 e. The lowest BCUT2D eigenvalue weighted by atomic mass is 10.3. The van der Waals surface area contributed by atoms with Crippen molar-refractivity contribution in [3.8, 4) is 0 Å². The van der Waals surface area contributed by atoms with Crippen LogP contribution in [0.4, 0.5) is 13.9 Å². The van der Waals surface area contributed by atoms with E-state index in [1.807, 2.05) is 0 Å². The Morgan fingerprint density at radius 2 is 1.87 bits per heavy atom. The summed E-state index contributed by atoms with van der Waals surface area (Å²) in [5.74, 6) is -2.09. The van der Waals surface area contributed by atoms with Gasteiger partial charge < -0.3 is 4.42 Å². The maximum absolute atomic E-state index is 14.1. The number of rotatable bonds is 7. The third-order valence-electron chi connectivity index (χ3n) is 4.51. The number of halogens is 2. The molecule has 4 rings (SSSR count). The molecule has 0 N–H and O–H groups in total. The van der Waals surface area contributed by atoms with E-state index >= 15 is 0 Å². The Bertz CT molecular complexity index is 1320. The van der Waals surface area contributed by atoms with Gasteiger partial charge >= 0.3 is 0 Å². The second-order valence-corrected chi connectivity index (χ2v) is 9.79. The van der Waals surface area contributed by atoms with Gasteiger partial charge in [0, 0.05) is 12.5 Å². The van der Waals surface area contributed by atoms with Gasteiger partial charge in [0.15, 0.2) is 20.8 Å². The Morgan fingerprint density at radius 3 is 2.58 bits per heavy atom. The fourth-order valence-electron chi connectivity index (χ4n) is 2.98. The lowest BCUT2D eigenvalue weighted by molar-refractivity contribution is -0.118. The fraction of sp³-hybridized carbons (Fsp3) is 0.143. The molecule has 0 saturated carbocycles. The molecule has 2 heterocycles. The number of amides is 1. The van der Waals surface area contributed by atoms with Crippen molar-refractivity contribution in [1.29, 1.82) is 0 Å². The van der Waals surface area contributed by atoms with E-state index in [4.69, 9.17) is 4.42 Å². The summed E-state index contributed by atoms with van der Waals surface area (Å²) < 4.78 is 58.3. The van der Waals surface area contributed by atoms with Gasteiger partial charge in [0.1, 0.15) is 17.1 Å². The van der Waals surface area contributed by atoms with Crippen molar-refractivity contribution in [2.75, 3.05) is 10.7 Å². The van der Waals surface area contributed by atoms with Crippen LogP contribution in [0.25, 0.3) is 10.2 Å². The zero-order valence-electron chi connectivity index (χ0n) is 16.0. The van der Waals surface area contributed by atoms with Crippen LogP contribution in [0.5, 0.6) is 0 Å². The molecule has 0 aliphatic rings. The van der Waals surface area contributed by atoms with Crippen molar-refractivity contribution in [2.45, 2.75) is 17.9 Å². The maximum Gasteiger partial charge on any atom is 0.230 e. The minimum atomic E-state index is -3.67. The molecule has 0 fully saturated rings. The van der Waals surface area contributed by atoms with Crippen LogP contribution in [0.3, 0.4) is 0 Å². The first-order valence-electron chi connectivity index (χ1n) is 9.19. The Morgan fingerprint density at radius 1 is 1.10 bits per heavy atom. The average molecular weight is 462 g/mol. The number of benzene rings is 2. The van der Waals surface area contributed by atoms with Crippen LogP contribution in [-0.4, -0.2) is 25.1 Å². The lowest BCUT2D eigenvalue weighted by Crippen LogP contribution is -2.31. The minimum absolute atomic E-state index is 0.0266. The third-order valence-corrected chi connectivity index (χ3v) is 7.27. The van der Waals surface area contributed by atoms with Crippen LogP contribution < -0.4 is 4.90 Å². The molecule has 0 radical (unpaired) electrons. The van der Waals surface area contributed by atoms with E-state index in [0.29, 0.717) is 5.76 Å². The molecule has 6 nitrogen and oxygen atoms in total. The Labute approximate surface area is 180 Å². The number of sulfone groups is 1. The fourth-order valence-corrected chi connectivity index (χ4v) is 5.26. The third kappa shape index (κ3) is 4.64.